The number of amides is 2. The van der Waals surface area contributed by atoms with E-state index < -0.39 is 42.2 Å². The molecule has 5 N–H and O–H groups in total. The van der Waals surface area contributed by atoms with E-state index in [9.17, 15) is 28.8 Å². The Morgan fingerprint density at radius 2 is 1.12 bits per heavy atom. The fraction of sp³-hybridized carbons (Fsp3) is 0.319. The van der Waals surface area contributed by atoms with Gasteiger partial charge in [0.15, 0.2) is 5.78 Å². The smallest absolute Gasteiger partial charge is 0.408 e. The van der Waals surface area contributed by atoms with Crippen LogP contribution in [0.25, 0.3) is 20.4 Å². The molecule has 4 aromatic heterocycles. The molecule has 0 spiro atoms. The van der Waals surface area contributed by atoms with Crippen molar-refractivity contribution in [3.05, 3.63) is 129 Å². The summed E-state index contributed by atoms with van der Waals surface area (Å²) >= 11 is 2.66. The second-order valence-electron chi connectivity index (χ2n) is 15.2. The number of aromatic nitrogens is 2. The van der Waals surface area contributed by atoms with Gasteiger partial charge in [-0.15, -0.1) is 35.1 Å². The van der Waals surface area contributed by atoms with Crippen LogP contribution in [0.5, 0.6) is 0 Å². The van der Waals surface area contributed by atoms with Crippen molar-refractivity contribution in [1.29, 1.82) is 0 Å². The zero-order valence-electron chi connectivity index (χ0n) is 36.1. The van der Waals surface area contributed by atoms with E-state index in [1.54, 1.807) is 24.5 Å². The number of benzene rings is 2. The van der Waals surface area contributed by atoms with E-state index >= 15 is 0 Å². The Kier molecular flexibility index (Phi) is 18.9. The molecule has 8 rings (SSSR count). The number of alkyl carbamates (subject to hydrolysis) is 2. The van der Waals surface area contributed by atoms with Gasteiger partial charge in [0, 0.05) is 25.4 Å². The fourth-order valence-electron chi connectivity index (χ4n) is 5.91. The lowest BCUT2D eigenvalue weighted by atomic mass is 10.1. The van der Waals surface area contributed by atoms with E-state index in [1.165, 1.54) is 22.7 Å². The molecule has 16 nitrogen and oxygen atoms in total. The number of carboxylic acid groups (broad SMARTS) is 1. The van der Waals surface area contributed by atoms with Crippen LogP contribution >= 0.6 is 35.1 Å². The second-order valence-corrected chi connectivity index (χ2v) is 17.3. The number of ketones is 1. The van der Waals surface area contributed by atoms with E-state index in [0.717, 1.165) is 68.4 Å². The average Bonchev–Trinajstić information content (AvgIpc) is 4.22. The number of halogens is 1. The van der Waals surface area contributed by atoms with Crippen LogP contribution in [0.4, 0.5) is 9.59 Å². The number of Topliss-reactive ketones (excluding diaryl/α,β-unsaturated/α-hetero) is 1. The number of carbonyl (C=O) groups excluding carboxylic acids is 5. The number of carboxylic acids is 1. The van der Waals surface area contributed by atoms with Gasteiger partial charge in [0.05, 0.1) is 25.3 Å². The Morgan fingerprint density at radius 3 is 1.56 bits per heavy atom. The van der Waals surface area contributed by atoms with E-state index in [-0.39, 0.29) is 63.0 Å². The number of hydrogen-bond acceptors (Lipinski definition) is 15. The summed E-state index contributed by atoms with van der Waals surface area (Å²) in [5.74, 6) is -2.03. The molecule has 66 heavy (non-hydrogen) atoms. The molecule has 2 aliphatic rings. The third-order valence-electron chi connectivity index (χ3n) is 9.79. The number of aromatic carboxylic acids is 1. The number of rotatable bonds is 16. The first kappa shape index (κ1) is 50.5. The highest BCUT2D eigenvalue weighted by atomic mass is 35.5. The highest BCUT2D eigenvalue weighted by Gasteiger charge is 2.32. The van der Waals surface area contributed by atoms with Gasteiger partial charge in [-0.05, 0) is 92.5 Å². The van der Waals surface area contributed by atoms with Gasteiger partial charge in [-0.2, -0.15) is 0 Å². The number of hydrogen-bond donors (Lipinski definition) is 4. The number of ether oxygens (including phenoxy) is 4. The SMILES string of the molecule is Cc1ccnc2cc(C(=O)CC[C@@H](NC(=O)OCc3ccccc3)C(=O)OC3CC3)sc12.Cc1ccnc2cc(C(=O)O)sc12.Cl.NC[C@@H](NC(=O)OCc1ccccc1)C(=O)OC1CC1. The standard InChI is InChI=1S/C24H24N2O5S.C14H18N2O4.C9H7NO2S.ClH/c1-15-11-12-25-19-13-21(32-22(15)19)20(27)10-9-18(23(28)31-17-7-8-17)26-24(29)30-14-16-5-3-2-4-6-16;15-8-12(13(17)20-11-6-7-11)16-14(18)19-9-10-4-2-1-3-5-10;1-5-2-3-10-6-4-7(9(11)12)13-8(5)6;/h2-6,11-13,17-18H,7-10,14H2,1H3,(H,26,29);1-5,11-12H,6-9,15H2,(H,16,18);2-4H,1H3,(H,11,12);1H/t18-;12-;;/m11../s1. The molecule has 2 atom stereocenters. The van der Waals surface area contributed by atoms with Crippen LogP contribution in [0.2, 0.25) is 0 Å². The van der Waals surface area contributed by atoms with E-state index in [2.05, 4.69) is 20.6 Å². The van der Waals surface area contributed by atoms with Crippen molar-refractivity contribution in [2.75, 3.05) is 6.54 Å². The topological polar surface area (TPSA) is 235 Å². The number of carbonyl (C=O) groups is 6. The number of thiophene rings is 2. The maximum atomic E-state index is 12.8. The number of nitrogens with one attached hydrogen (secondary N) is 2. The average molecular weight is 961 g/mol. The van der Waals surface area contributed by atoms with Crippen LogP contribution in [-0.2, 0) is 41.8 Å². The molecular weight excluding hydrogens is 910 g/mol. The van der Waals surface area contributed by atoms with E-state index in [0.29, 0.717) is 9.75 Å². The first-order chi connectivity index (χ1) is 31.4. The molecule has 0 bridgehead atoms. The minimum Gasteiger partial charge on any atom is -0.477 e. The zero-order chi connectivity index (χ0) is 46.3. The molecule has 2 amide bonds. The lowest BCUT2D eigenvalue weighted by Gasteiger charge is -2.17. The van der Waals surface area contributed by atoms with Crippen LogP contribution in [0.15, 0.2) is 97.3 Å². The van der Waals surface area contributed by atoms with Gasteiger partial charge >= 0.3 is 30.1 Å². The Bertz CT molecular complexity index is 2600. The summed E-state index contributed by atoms with van der Waals surface area (Å²) < 4.78 is 22.6. The van der Waals surface area contributed by atoms with E-state index in [1.807, 2.05) is 86.6 Å². The summed E-state index contributed by atoms with van der Waals surface area (Å²) in [7, 11) is 0. The van der Waals surface area contributed by atoms with Crippen molar-refractivity contribution in [3.8, 4) is 0 Å². The van der Waals surface area contributed by atoms with Crippen molar-refractivity contribution >= 4 is 91.4 Å². The van der Waals surface area contributed by atoms with Crippen LogP contribution in [-0.4, -0.2) is 81.8 Å². The molecule has 348 valence electrons. The van der Waals surface area contributed by atoms with Gasteiger partial charge < -0.3 is 40.4 Å². The molecule has 0 radical (unpaired) electrons. The van der Waals surface area contributed by atoms with Crippen LogP contribution in [0.1, 0.15) is 80.1 Å². The minimum absolute atomic E-state index is 0. The molecule has 0 unspecified atom stereocenters. The molecule has 2 fully saturated rings. The van der Waals surface area contributed by atoms with Gasteiger partial charge in [0.25, 0.3) is 0 Å². The molecule has 2 saturated carbocycles. The summed E-state index contributed by atoms with van der Waals surface area (Å²) in [5.41, 5.74) is 10.8. The monoisotopic (exact) mass is 959 g/mol. The number of esters is 2. The summed E-state index contributed by atoms with van der Waals surface area (Å²) in [6.07, 6.45) is 5.51. The van der Waals surface area contributed by atoms with Crippen molar-refractivity contribution in [2.24, 2.45) is 5.73 Å². The lowest BCUT2D eigenvalue weighted by molar-refractivity contribution is -0.148. The fourth-order valence-corrected chi connectivity index (χ4v) is 7.89. The predicted molar refractivity (Wildman–Crippen MR) is 251 cm³/mol. The largest absolute Gasteiger partial charge is 0.477 e. The van der Waals surface area contributed by atoms with Crippen molar-refractivity contribution in [3.63, 3.8) is 0 Å². The highest BCUT2D eigenvalue weighted by molar-refractivity contribution is 7.21. The molecule has 4 heterocycles. The van der Waals surface area contributed by atoms with Crippen molar-refractivity contribution in [2.45, 2.75) is 89.9 Å². The lowest BCUT2D eigenvalue weighted by Crippen LogP contribution is -2.47. The number of pyridine rings is 2. The van der Waals surface area contributed by atoms with Crippen LogP contribution in [0, 0.1) is 13.8 Å². The first-order valence-electron chi connectivity index (χ1n) is 20.9. The quantitative estimate of drug-likeness (QED) is 0.0406. The van der Waals surface area contributed by atoms with E-state index in [4.69, 9.17) is 29.8 Å². The third-order valence-corrected chi connectivity index (χ3v) is 12.3. The Labute approximate surface area is 394 Å². The predicted octanol–water partition coefficient (Wildman–Crippen LogP) is 8.24. The number of nitrogens with two attached hydrogens (primary N) is 1. The maximum Gasteiger partial charge on any atom is 0.408 e. The Hall–Kier alpha value is -6.47. The molecule has 6 aromatic rings. The summed E-state index contributed by atoms with van der Waals surface area (Å²) in [6.45, 7) is 4.13. The normalized spacial score (nSPS) is 13.5. The van der Waals surface area contributed by atoms with Gasteiger partial charge in [-0.3, -0.25) is 14.8 Å². The van der Waals surface area contributed by atoms with Gasteiger partial charge in [0.2, 0.25) is 0 Å². The molecular formula is C47H50ClN5O11S2. The zero-order valence-corrected chi connectivity index (χ0v) is 38.6. The minimum atomic E-state index is -0.947. The second kappa shape index (κ2) is 24.7. The third kappa shape index (κ3) is 15.6. The van der Waals surface area contributed by atoms with Gasteiger partial charge in [0.1, 0.15) is 42.4 Å². The molecule has 2 aromatic carbocycles. The Morgan fingerprint density at radius 1 is 0.682 bits per heavy atom. The number of aryl methyl sites for hydroxylation is 2. The Balaban J connectivity index is 0.000000204. The van der Waals surface area contributed by atoms with Gasteiger partial charge in [-0.25, -0.2) is 24.0 Å². The van der Waals surface area contributed by atoms with Crippen molar-refractivity contribution < 1.29 is 52.8 Å². The molecule has 0 aliphatic heterocycles. The van der Waals surface area contributed by atoms with Crippen LogP contribution < -0.4 is 16.4 Å². The highest BCUT2D eigenvalue weighted by Crippen LogP contribution is 2.29. The molecule has 0 saturated heterocycles. The summed E-state index contributed by atoms with van der Waals surface area (Å²) in [6, 6.07) is 23.9. The molecule has 19 heteroatoms. The maximum absolute atomic E-state index is 12.8. The van der Waals surface area contributed by atoms with Crippen LogP contribution in [0.3, 0.4) is 0 Å². The van der Waals surface area contributed by atoms with Gasteiger partial charge in [-0.1, -0.05) is 60.7 Å². The summed E-state index contributed by atoms with van der Waals surface area (Å²) in [5, 5.41) is 13.7. The first-order valence-corrected chi connectivity index (χ1v) is 22.5. The molecule has 2 aliphatic carbocycles. The number of nitrogens with zero attached hydrogens (tertiary/aromatic N) is 2. The number of fused-ring (bicyclic) bond motifs is 2. The summed E-state index contributed by atoms with van der Waals surface area (Å²) in [4.78, 5) is 80.8. The van der Waals surface area contributed by atoms with Crippen molar-refractivity contribution in [1.82, 2.24) is 20.6 Å².